The molecule has 0 aliphatic heterocycles. The highest BCUT2D eigenvalue weighted by Crippen LogP contribution is 2.37. The largest absolute Gasteiger partial charge is 0.493 e. The lowest BCUT2D eigenvalue weighted by molar-refractivity contribution is -0.156. The molecule has 1 fully saturated rings. The van der Waals surface area contributed by atoms with Crippen molar-refractivity contribution < 1.29 is 33.7 Å². The number of nitrogens with zero attached hydrogens (tertiary/aromatic N) is 1. The molecule has 0 heterocycles. The standard InChI is InChI=1S/C31H42N2O7/c1-7-38-25-18-31(19-25,29(35)36)32-30(37)33(16-17-40-23(6)24-12-10-9-11-13-24)21(4)26-14-15-27(22(5)34)28(20(26)3)39-8-2/h9-15,21,23,25H,7-8,16-19H2,1-6H3,(H,32,37)(H,35,36)/t21-,23-,25?,31?/m1/s1. The lowest BCUT2D eigenvalue weighted by Crippen LogP contribution is -2.66. The Morgan fingerprint density at radius 2 is 1.75 bits per heavy atom. The molecule has 3 rings (SSSR count). The Kier molecular flexibility index (Phi) is 10.7. The van der Waals surface area contributed by atoms with Gasteiger partial charge < -0.3 is 29.5 Å². The molecule has 0 saturated heterocycles. The predicted octanol–water partition coefficient (Wildman–Crippen LogP) is 5.47. The van der Waals surface area contributed by atoms with Crippen LogP contribution in [0.4, 0.5) is 4.79 Å². The third kappa shape index (κ3) is 7.01. The Morgan fingerprint density at radius 3 is 2.33 bits per heavy atom. The maximum atomic E-state index is 13.7. The van der Waals surface area contributed by atoms with E-state index in [0.717, 1.165) is 16.7 Å². The number of hydrogen-bond acceptors (Lipinski definition) is 6. The van der Waals surface area contributed by atoms with Crippen LogP contribution >= 0.6 is 0 Å². The zero-order valence-electron chi connectivity index (χ0n) is 24.4. The summed E-state index contributed by atoms with van der Waals surface area (Å²) in [5, 5.41) is 12.8. The third-order valence-electron chi connectivity index (χ3n) is 7.57. The number of carbonyl (C=O) groups is 3. The molecule has 40 heavy (non-hydrogen) atoms. The number of benzene rings is 2. The zero-order chi connectivity index (χ0) is 29.4. The summed E-state index contributed by atoms with van der Waals surface area (Å²) in [6.45, 7) is 12.2. The van der Waals surface area contributed by atoms with Gasteiger partial charge in [0.2, 0.25) is 0 Å². The molecule has 9 heteroatoms. The summed E-state index contributed by atoms with van der Waals surface area (Å²) in [5.74, 6) is -0.700. The molecule has 0 bridgehead atoms. The van der Waals surface area contributed by atoms with E-state index in [4.69, 9.17) is 14.2 Å². The van der Waals surface area contributed by atoms with E-state index in [-0.39, 0.29) is 44.0 Å². The highest BCUT2D eigenvalue weighted by molar-refractivity contribution is 5.97. The molecule has 2 amide bonds. The average molecular weight is 555 g/mol. The monoisotopic (exact) mass is 554 g/mol. The first-order valence-electron chi connectivity index (χ1n) is 13.9. The van der Waals surface area contributed by atoms with Gasteiger partial charge in [-0.3, -0.25) is 4.79 Å². The summed E-state index contributed by atoms with van der Waals surface area (Å²) in [6.07, 6.45) is 0.00267. The number of ketones is 1. The second-order valence-electron chi connectivity index (χ2n) is 10.2. The highest BCUT2D eigenvalue weighted by Gasteiger charge is 2.53. The van der Waals surface area contributed by atoms with Gasteiger partial charge >= 0.3 is 12.0 Å². The topological polar surface area (TPSA) is 114 Å². The van der Waals surface area contributed by atoms with E-state index in [2.05, 4.69) is 5.32 Å². The van der Waals surface area contributed by atoms with Gasteiger partial charge in [-0.1, -0.05) is 36.4 Å². The van der Waals surface area contributed by atoms with Crippen LogP contribution in [-0.4, -0.2) is 65.8 Å². The van der Waals surface area contributed by atoms with E-state index in [1.165, 1.54) is 6.92 Å². The van der Waals surface area contributed by atoms with Gasteiger partial charge in [0.15, 0.2) is 5.78 Å². The summed E-state index contributed by atoms with van der Waals surface area (Å²) in [6, 6.07) is 12.4. The fraction of sp³-hybridized carbons (Fsp3) is 0.516. The van der Waals surface area contributed by atoms with Crippen LogP contribution in [0.1, 0.15) is 86.7 Å². The van der Waals surface area contributed by atoms with Crippen molar-refractivity contribution in [1.29, 1.82) is 0 Å². The maximum Gasteiger partial charge on any atom is 0.329 e. The van der Waals surface area contributed by atoms with E-state index in [9.17, 15) is 19.5 Å². The minimum absolute atomic E-state index is 0.110. The van der Waals surface area contributed by atoms with Gasteiger partial charge in [-0.25, -0.2) is 9.59 Å². The maximum absolute atomic E-state index is 13.7. The first kappa shape index (κ1) is 31.1. The van der Waals surface area contributed by atoms with Gasteiger partial charge in [0.05, 0.1) is 37.0 Å². The zero-order valence-corrected chi connectivity index (χ0v) is 24.4. The molecule has 2 aromatic carbocycles. The Labute approximate surface area is 236 Å². The van der Waals surface area contributed by atoms with E-state index in [1.807, 2.05) is 71.0 Å². The van der Waals surface area contributed by atoms with Crippen molar-refractivity contribution in [3.63, 3.8) is 0 Å². The van der Waals surface area contributed by atoms with Crippen molar-refractivity contribution in [2.24, 2.45) is 0 Å². The second kappa shape index (κ2) is 13.8. The minimum atomic E-state index is -1.39. The summed E-state index contributed by atoms with van der Waals surface area (Å²) < 4.78 is 17.5. The van der Waals surface area contributed by atoms with Crippen LogP contribution in [0.15, 0.2) is 42.5 Å². The molecule has 1 saturated carbocycles. The molecule has 0 aromatic heterocycles. The summed E-state index contributed by atoms with van der Waals surface area (Å²) in [7, 11) is 0. The van der Waals surface area contributed by atoms with Crippen LogP contribution in [0.2, 0.25) is 0 Å². The number of amides is 2. The first-order valence-corrected chi connectivity index (χ1v) is 13.9. The Bertz CT molecular complexity index is 1180. The molecule has 0 spiro atoms. The number of rotatable bonds is 14. The lowest BCUT2D eigenvalue weighted by Gasteiger charge is -2.45. The Morgan fingerprint density at radius 1 is 1.07 bits per heavy atom. The number of carboxylic acid groups (broad SMARTS) is 1. The van der Waals surface area contributed by atoms with Crippen molar-refractivity contribution in [1.82, 2.24) is 10.2 Å². The molecule has 9 nitrogen and oxygen atoms in total. The number of Topliss-reactive ketones (excluding diaryl/α,β-unsaturated/α-hetero) is 1. The van der Waals surface area contributed by atoms with Crippen LogP contribution in [0.5, 0.6) is 5.75 Å². The smallest absolute Gasteiger partial charge is 0.329 e. The molecular formula is C31H42N2O7. The summed E-state index contributed by atoms with van der Waals surface area (Å²) >= 11 is 0. The molecule has 1 aliphatic carbocycles. The van der Waals surface area contributed by atoms with Crippen molar-refractivity contribution in [2.75, 3.05) is 26.4 Å². The lowest BCUT2D eigenvalue weighted by atomic mass is 9.74. The molecule has 218 valence electrons. The Hall–Kier alpha value is -3.43. The summed E-state index contributed by atoms with van der Waals surface area (Å²) in [5.41, 5.74) is 1.66. The molecule has 2 N–H and O–H groups in total. The van der Waals surface area contributed by atoms with E-state index in [0.29, 0.717) is 24.5 Å². The SMILES string of the molecule is CCOc1c(C(C)=O)ccc([C@@H](C)N(CCO[C@H](C)c2ccccc2)C(=O)NC2(C(=O)O)CC(OCC)C2)c1C. The van der Waals surface area contributed by atoms with E-state index >= 15 is 0 Å². The quantitative estimate of drug-likeness (QED) is 0.298. The van der Waals surface area contributed by atoms with E-state index in [1.54, 1.807) is 11.0 Å². The van der Waals surface area contributed by atoms with Crippen LogP contribution < -0.4 is 10.1 Å². The normalized spacial score (nSPS) is 19.7. The third-order valence-corrected chi connectivity index (χ3v) is 7.57. The number of urea groups is 1. The number of carbonyl (C=O) groups excluding carboxylic acids is 2. The van der Waals surface area contributed by atoms with Gasteiger partial charge in [-0.05, 0) is 64.3 Å². The Balaban J connectivity index is 1.88. The van der Waals surface area contributed by atoms with Gasteiger partial charge in [-0.15, -0.1) is 0 Å². The number of aliphatic carboxylic acids is 1. The predicted molar refractivity (Wildman–Crippen MR) is 152 cm³/mol. The molecule has 2 atom stereocenters. The second-order valence-corrected chi connectivity index (χ2v) is 10.2. The molecule has 1 aliphatic rings. The summed E-state index contributed by atoms with van der Waals surface area (Å²) in [4.78, 5) is 39.8. The van der Waals surface area contributed by atoms with Gasteiger partial charge in [0, 0.05) is 26.0 Å². The van der Waals surface area contributed by atoms with Crippen LogP contribution in [0.25, 0.3) is 0 Å². The number of ether oxygens (including phenoxy) is 3. The number of carboxylic acids is 1. The van der Waals surface area contributed by atoms with Crippen molar-refractivity contribution in [3.05, 3.63) is 64.7 Å². The van der Waals surface area contributed by atoms with Crippen molar-refractivity contribution in [2.45, 2.75) is 78.2 Å². The van der Waals surface area contributed by atoms with E-state index < -0.39 is 23.6 Å². The molecule has 0 radical (unpaired) electrons. The van der Waals surface area contributed by atoms with Gasteiger partial charge in [0.1, 0.15) is 11.3 Å². The van der Waals surface area contributed by atoms with Crippen LogP contribution in [-0.2, 0) is 14.3 Å². The van der Waals surface area contributed by atoms with Crippen molar-refractivity contribution in [3.8, 4) is 5.75 Å². The fourth-order valence-corrected chi connectivity index (χ4v) is 5.23. The number of nitrogens with one attached hydrogen (secondary N) is 1. The van der Waals surface area contributed by atoms with Crippen molar-refractivity contribution >= 4 is 17.8 Å². The fourth-order valence-electron chi connectivity index (χ4n) is 5.23. The molecular weight excluding hydrogens is 512 g/mol. The molecule has 2 aromatic rings. The van der Waals surface area contributed by atoms with Crippen LogP contribution in [0.3, 0.4) is 0 Å². The average Bonchev–Trinajstić information content (AvgIpc) is 2.90. The first-order chi connectivity index (χ1) is 19.0. The van der Waals surface area contributed by atoms with Crippen LogP contribution in [0, 0.1) is 6.92 Å². The van der Waals surface area contributed by atoms with Gasteiger partial charge in [-0.2, -0.15) is 0 Å². The minimum Gasteiger partial charge on any atom is -0.493 e. The highest BCUT2D eigenvalue weighted by atomic mass is 16.5. The van der Waals surface area contributed by atoms with Gasteiger partial charge in [0.25, 0.3) is 0 Å². The number of hydrogen-bond donors (Lipinski definition) is 2. The molecule has 0 unspecified atom stereocenters.